The maximum Gasteiger partial charge on any atom is 0.163 e. The van der Waals surface area contributed by atoms with Gasteiger partial charge in [0.25, 0.3) is 0 Å². The van der Waals surface area contributed by atoms with E-state index in [1.807, 2.05) is 0 Å². The van der Waals surface area contributed by atoms with Gasteiger partial charge in [-0.15, -0.1) is 0 Å². The standard InChI is InChI=1S/C13H20N2O3/c1-10(16)12-4-2-3-5-13(12)18-9-11(17)8-15-7-6-14/h2-5,11,15,17H,6-9,14H2,1H3. The van der Waals surface area contributed by atoms with Gasteiger partial charge in [0.15, 0.2) is 5.78 Å². The number of para-hydroxylation sites is 1. The summed E-state index contributed by atoms with van der Waals surface area (Å²) in [4.78, 5) is 11.4. The summed E-state index contributed by atoms with van der Waals surface area (Å²) < 4.78 is 5.45. The number of nitrogens with one attached hydrogen (secondary N) is 1. The number of carbonyl (C=O) groups excluding carboxylic acids is 1. The van der Waals surface area contributed by atoms with Crippen LogP contribution in [-0.4, -0.2) is 43.2 Å². The first-order valence-electron chi connectivity index (χ1n) is 5.96. The molecule has 0 aliphatic carbocycles. The first-order chi connectivity index (χ1) is 8.65. The van der Waals surface area contributed by atoms with Crippen molar-refractivity contribution in [2.45, 2.75) is 13.0 Å². The zero-order chi connectivity index (χ0) is 13.4. The number of hydrogen-bond donors (Lipinski definition) is 3. The first-order valence-corrected chi connectivity index (χ1v) is 5.96. The fourth-order valence-corrected chi connectivity index (χ4v) is 1.50. The van der Waals surface area contributed by atoms with Gasteiger partial charge in [-0.05, 0) is 19.1 Å². The molecule has 5 nitrogen and oxygen atoms in total. The largest absolute Gasteiger partial charge is 0.490 e. The van der Waals surface area contributed by atoms with Crippen LogP contribution in [0.15, 0.2) is 24.3 Å². The number of aliphatic hydroxyl groups excluding tert-OH is 1. The van der Waals surface area contributed by atoms with Crippen LogP contribution in [0.4, 0.5) is 0 Å². The molecule has 1 atom stereocenters. The minimum absolute atomic E-state index is 0.0543. The first kappa shape index (κ1) is 14.6. The molecule has 100 valence electrons. The van der Waals surface area contributed by atoms with Crippen LogP contribution in [0.3, 0.4) is 0 Å². The zero-order valence-corrected chi connectivity index (χ0v) is 10.6. The third-order valence-corrected chi connectivity index (χ3v) is 2.40. The van der Waals surface area contributed by atoms with Crippen LogP contribution < -0.4 is 15.8 Å². The van der Waals surface area contributed by atoms with E-state index >= 15 is 0 Å². The predicted octanol–water partition coefficient (Wildman–Crippen LogP) is 0.177. The molecule has 0 spiro atoms. The lowest BCUT2D eigenvalue weighted by molar-refractivity contribution is 0.0974. The number of benzene rings is 1. The minimum Gasteiger partial charge on any atom is -0.490 e. The highest BCUT2D eigenvalue weighted by Gasteiger charge is 2.09. The summed E-state index contributed by atoms with van der Waals surface area (Å²) in [5.41, 5.74) is 5.85. The van der Waals surface area contributed by atoms with Crippen molar-refractivity contribution in [3.8, 4) is 5.75 Å². The number of Topliss-reactive ketones (excluding diaryl/α,β-unsaturated/α-hetero) is 1. The van der Waals surface area contributed by atoms with Crippen molar-refractivity contribution in [2.24, 2.45) is 5.73 Å². The molecule has 0 aliphatic heterocycles. The summed E-state index contributed by atoms with van der Waals surface area (Å²) in [6, 6.07) is 7.00. The molecule has 0 bridgehead atoms. The van der Waals surface area contributed by atoms with Crippen LogP contribution in [0.25, 0.3) is 0 Å². The maximum absolute atomic E-state index is 11.4. The van der Waals surface area contributed by atoms with Crippen molar-refractivity contribution in [1.29, 1.82) is 0 Å². The lowest BCUT2D eigenvalue weighted by atomic mass is 10.1. The van der Waals surface area contributed by atoms with Crippen LogP contribution in [0.2, 0.25) is 0 Å². The zero-order valence-electron chi connectivity index (χ0n) is 10.6. The van der Waals surface area contributed by atoms with E-state index in [4.69, 9.17) is 10.5 Å². The molecule has 1 rings (SSSR count). The molecule has 0 aromatic heterocycles. The Balaban J connectivity index is 2.45. The van der Waals surface area contributed by atoms with Gasteiger partial charge < -0.3 is 20.9 Å². The minimum atomic E-state index is -0.628. The second-order valence-corrected chi connectivity index (χ2v) is 4.01. The van der Waals surface area contributed by atoms with E-state index in [-0.39, 0.29) is 12.4 Å². The Kier molecular flexibility index (Phi) is 6.35. The molecule has 0 saturated carbocycles. The Bertz CT molecular complexity index is 382. The molecule has 0 heterocycles. The van der Waals surface area contributed by atoms with Gasteiger partial charge in [-0.3, -0.25) is 4.79 Å². The Hall–Kier alpha value is -1.43. The van der Waals surface area contributed by atoms with E-state index in [0.717, 1.165) is 0 Å². The van der Waals surface area contributed by atoms with Gasteiger partial charge in [0.1, 0.15) is 18.5 Å². The van der Waals surface area contributed by atoms with E-state index in [2.05, 4.69) is 5.32 Å². The summed E-state index contributed by atoms with van der Waals surface area (Å²) in [5.74, 6) is 0.448. The molecule has 5 heteroatoms. The quantitative estimate of drug-likeness (QED) is 0.454. The third kappa shape index (κ3) is 4.83. The molecule has 1 aromatic rings. The number of ketones is 1. The summed E-state index contributed by atoms with van der Waals surface area (Å²) >= 11 is 0. The summed E-state index contributed by atoms with van der Waals surface area (Å²) in [5, 5.41) is 12.6. The fourth-order valence-electron chi connectivity index (χ4n) is 1.50. The molecular formula is C13H20N2O3. The smallest absolute Gasteiger partial charge is 0.163 e. The van der Waals surface area contributed by atoms with Crippen LogP contribution in [-0.2, 0) is 0 Å². The van der Waals surface area contributed by atoms with Gasteiger partial charge in [-0.2, -0.15) is 0 Å². The second-order valence-electron chi connectivity index (χ2n) is 4.01. The van der Waals surface area contributed by atoms with Crippen molar-refractivity contribution in [3.05, 3.63) is 29.8 Å². The average molecular weight is 252 g/mol. The van der Waals surface area contributed by atoms with Gasteiger partial charge in [0, 0.05) is 19.6 Å². The van der Waals surface area contributed by atoms with Crippen molar-refractivity contribution < 1.29 is 14.6 Å². The molecule has 1 aromatic carbocycles. The molecule has 0 saturated heterocycles. The highest BCUT2D eigenvalue weighted by Crippen LogP contribution is 2.18. The summed E-state index contributed by atoms with van der Waals surface area (Å²) in [6.45, 7) is 3.23. The van der Waals surface area contributed by atoms with Crippen LogP contribution in [0.1, 0.15) is 17.3 Å². The van der Waals surface area contributed by atoms with E-state index < -0.39 is 6.10 Å². The molecule has 0 radical (unpaired) electrons. The third-order valence-electron chi connectivity index (χ3n) is 2.40. The normalized spacial score (nSPS) is 12.2. The van der Waals surface area contributed by atoms with Gasteiger partial charge >= 0.3 is 0 Å². The summed E-state index contributed by atoms with van der Waals surface area (Å²) in [7, 11) is 0. The molecule has 0 fully saturated rings. The molecular weight excluding hydrogens is 232 g/mol. The Morgan fingerprint density at radius 1 is 1.50 bits per heavy atom. The SMILES string of the molecule is CC(=O)c1ccccc1OCC(O)CNCCN. The van der Waals surface area contributed by atoms with E-state index in [9.17, 15) is 9.90 Å². The van der Waals surface area contributed by atoms with Gasteiger partial charge in [-0.25, -0.2) is 0 Å². The topological polar surface area (TPSA) is 84.6 Å². The van der Waals surface area contributed by atoms with E-state index in [1.165, 1.54) is 6.92 Å². The molecule has 0 aliphatic rings. The van der Waals surface area contributed by atoms with Crippen molar-refractivity contribution in [3.63, 3.8) is 0 Å². The summed E-state index contributed by atoms with van der Waals surface area (Å²) in [6.07, 6.45) is -0.628. The number of rotatable bonds is 8. The Morgan fingerprint density at radius 2 is 2.22 bits per heavy atom. The van der Waals surface area contributed by atoms with Gasteiger partial charge in [0.05, 0.1) is 5.56 Å². The monoisotopic (exact) mass is 252 g/mol. The highest BCUT2D eigenvalue weighted by molar-refractivity contribution is 5.96. The number of carbonyl (C=O) groups is 1. The molecule has 0 amide bonds. The molecule has 18 heavy (non-hydrogen) atoms. The molecule has 1 unspecified atom stereocenters. The number of aliphatic hydroxyl groups is 1. The fraction of sp³-hybridized carbons (Fsp3) is 0.462. The second kappa shape index (κ2) is 7.81. The van der Waals surface area contributed by atoms with Crippen LogP contribution in [0.5, 0.6) is 5.75 Å². The van der Waals surface area contributed by atoms with Gasteiger partial charge in [-0.1, -0.05) is 12.1 Å². The Labute approximate surface area is 107 Å². The number of nitrogens with two attached hydrogens (primary N) is 1. The lowest BCUT2D eigenvalue weighted by Crippen LogP contribution is -2.34. The Morgan fingerprint density at radius 3 is 2.89 bits per heavy atom. The van der Waals surface area contributed by atoms with Crippen molar-refractivity contribution >= 4 is 5.78 Å². The van der Waals surface area contributed by atoms with Crippen LogP contribution in [0, 0.1) is 0 Å². The average Bonchev–Trinajstić information content (AvgIpc) is 2.37. The maximum atomic E-state index is 11.4. The number of hydrogen-bond acceptors (Lipinski definition) is 5. The lowest BCUT2D eigenvalue weighted by Gasteiger charge is -2.14. The van der Waals surface area contributed by atoms with E-state index in [0.29, 0.717) is 30.9 Å². The van der Waals surface area contributed by atoms with Crippen LogP contribution >= 0.6 is 0 Å². The number of ether oxygens (including phenoxy) is 1. The van der Waals surface area contributed by atoms with Crippen molar-refractivity contribution in [2.75, 3.05) is 26.2 Å². The highest BCUT2D eigenvalue weighted by atomic mass is 16.5. The molecule has 4 N–H and O–H groups in total. The van der Waals surface area contributed by atoms with Gasteiger partial charge in [0.2, 0.25) is 0 Å². The van der Waals surface area contributed by atoms with Crippen molar-refractivity contribution in [1.82, 2.24) is 5.32 Å². The predicted molar refractivity (Wildman–Crippen MR) is 69.9 cm³/mol. The van der Waals surface area contributed by atoms with E-state index in [1.54, 1.807) is 24.3 Å².